The Morgan fingerprint density at radius 2 is 0.964 bits per heavy atom. The third kappa shape index (κ3) is 5.64. The largest absolute Gasteiger partial charge is 0.523 e. The fraction of sp³-hybridized carbons (Fsp3) is 0.0455. The summed E-state index contributed by atoms with van der Waals surface area (Å²) in [5.74, 6) is -6.69. The number of hydrogen-bond acceptors (Lipinski definition) is 3. The molecule has 0 aliphatic heterocycles. The van der Waals surface area contributed by atoms with Crippen LogP contribution in [0.3, 0.4) is 0 Å². The summed E-state index contributed by atoms with van der Waals surface area (Å²) >= 11 is 0. The van der Waals surface area contributed by atoms with Gasteiger partial charge in [0.05, 0.1) is 12.1 Å². The molecule has 5 aromatic carbocycles. The van der Waals surface area contributed by atoms with Gasteiger partial charge in [0.2, 0.25) is 0 Å². The molecule has 2 aliphatic carbocycles. The lowest BCUT2D eigenvalue weighted by Gasteiger charge is -2.17. The lowest BCUT2D eigenvalue weighted by molar-refractivity contribution is 0.576. The summed E-state index contributed by atoms with van der Waals surface area (Å²) in [6.45, 7) is 23.0. The molecule has 0 heterocycles. The zero-order valence-electron chi connectivity index (χ0n) is 28.3. The van der Waals surface area contributed by atoms with Crippen LogP contribution in [0.1, 0.15) is 27.8 Å². The fourth-order valence-corrected chi connectivity index (χ4v) is 7.46. The van der Waals surface area contributed by atoms with E-state index in [9.17, 15) is 24.6 Å². The predicted molar refractivity (Wildman–Crippen MR) is 191 cm³/mol. The zero-order valence-corrected chi connectivity index (χ0v) is 28.3. The van der Waals surface area contributed by atoms with E-state index in [2.05, 4.69) is 14.5 Å². The first kappa shape index (κ1) is 36.2. The summed E-state index contributed by atoms with van der Waals surface area (Å²) in [7, 11) is 0. The van der Waals surface area contributed by atoms with E-state index in [0.717, 1.165) is 48.5 Å². The van der Waals surface area contributed by atoms with Gasteiger partial charge in [-0.2, -0.15) is 25.5 Å². The van der Waals surface area contributed by atoms with Gasteiger partial charge in [-0.1, -0.05) is 24.3 Å². The molecule has 6 nitrogen and oxygen atoms in total. The molecule has 7 rings (SSSR count). The third-order valence-electron chi connectivity index (χ3n) is 9.65. The highest BCUT2D eigenvalue weighted by Gasteiger charge is 2.37. The number of halogens is 6. The first-order chi connectivity index (χ1) is 27.0. The molecule has 0 atom stereocenters. The van der Waals surface area contributed by atoms with Crippen molar-refractivity contribution < 1.29 is 26.3 Å². The molecule has 0 N–H and O–H groups in total. The highest BCUT2D eigenvalue weighted by Crippen LogP contribution is 2.43. The molecule has 0 saturated heterocycles. The second kappa shape index (κ2) is 14.0. The molecule has 0 fully saturated rings. The fourth-order valence-electron chi connectivity index (χ4n) is 7.46. The highest BCUT2D eigenvalue weighted by atomic mass is 19.2. The molecule has 56 heavy (non-hydrogen) atoms. The minimum atomic E-state index is -1.24. The van der Waals surface area contributed by atoms with Crippen molar-refractivity contribution in [3.8, 4) is 40.5 Å². The number of allylic oxidation sites excluding steroid dienone is 3. The van der Waals surface area contributed by atoms with E-state index in [0.29, 0.717) is 16.7 Å². The Balaban J connectivity index is 1.87. The highest BCUT2D eigenvalue weighted by molar-refractivity contribution is 5.98. The standard InChI is InChI=1S/C44H16F6N6/c1-54-43-35(49)14-24(15-36(43)50)40-31(44(55-2)56-3)17-30-38(22-6-10-27(46)11-7-22)41-29(37(42(30)40)21-4-8-26(45)9-5-21)16-28(25(18-51)19-52)39(41)23-12-33(47)32(20-53)34(48)13-23/h4-15H,16-17H2. The molecule has 0 bridgehead atoms. The number of rotatable bonds is 4. The summed E-state index contributed by atoms with van der Waals surface area (Å²) in [5, 5.41) is 30.2. The quantitative estimate of drug-likeness (QED) is 0.105. The minimum Gasteiger partial charge on any atom is -0.232 e. The second-order valence-electron chi connectivity index (χ2n) is 12.5. The summed E-state index contributed by atoms with van der Waals surface area (Å²) in [5.41, 5.74) is -0.858. The second-order valence-corrected chi connectivity index (χ2v) is 12.5. The third-order valence-corrected chi connectivity index (χ3v) is 9.65. The number of nitriles is 3. The number of benzene rings is 5. The molecule has 0 saturated carbocycles. The SMILES string of the molecule is [C-]#[N+]C([N+]#[C-])=C1Cc2c(-c3ccc(F)cc3)c3c(c(-c4ccc(F)cc4)c2=C1c1cc(F)c([N+]#[C-])c(F)c1)CC(=C(C#N)C#N)C=3c1cc(F)c(C#N)c(F)c1. The number of nitrogens with zero attached hydrogens (tertiary/aromatic N) is 6. The van der Waals surface area contributed by atoms with Crippen molar-refractivity contribution in [2.75, 3.05) is 0 Å². The van der Waals surface area contributed by atoms with Gasteiger partial charge in [-0.05, 0) is 127 Å². The van der Waals surface area contributed by atoms with Crippen LogP contribution in [-0.4, -0.2) is 0 Å². The van der Waals surface area contributed by atoms with Crippen LogP contribution in [0.25, 0.3) is 47.9 Å². The normalized spacial score (nSPS) is 12.4. The van der Waals surface area contributed by atoms with E-state index in [1.54, 1.807) is 0 Å². The molecular weight excluding hydrogens is 727 g/mol. The molecule has 0 amide bonds. The van der Waals surface area contributed by atoms with Crippen LogP contribution in [-0.2, 0) is 12.8 Å². The van der Waals surface area contributed by atoms with E-state index >= 15 is 17.6 Å². The Labute approximate surface area is 314 Å². The van der Waals surface area contributed by atoms with Gasteiger partial charge >= 0.3 is 5.82 Å². The van der Waals surface area contributed by atoms with Gasteiger partial charge in [-0.15, -0.1) is 0 Å². The minimum absolute atomic E-state index is 0.000984. The Morgan fingerprint density at radius 1 is 0.554 bits per heavy atom. The summed E-state index contributed by atoms with van der Waals surface area (Å²) < 4.78 is 90.8. The van der Waals surface area contributed by atoms with Gasteiger partial charge < -0.3 is 0 Å². The molecular formula is C44H16F6N6. The molecule has 0 unspecified atom stereocenters. The molecule has 5 aromatic rings. The van der Waals surface area contributed by atoms with Crippen molar-refractivity contribution in [1.29, 1.82) is 15.8 Å². The van der Waals surface area contributed by atoms with Crippen molar-refractivity contribution in [1.82, 2.24) is 0 Å². The van der Waals surface area contributed by atoms with Crippen LogP contribution in [0.15, 0.2) is 95.3 Å². The van der Waals surface area contributed by atoms with Gasteiger partial charge in [0.1, 0.15) is 77.4 Å². The van der Waals surface area contributed by atoms with Gasteiger partial charge in [-0.3, -0.25) is 0 Å². The topological polar surface area (TPSA) is 84.5 Å². The van der Waals surface area contributed by atoms with Crippen LogP contribution >= 0.6 is 0 Å². The number of fused-ring (bicyclic) bond motifs is 2. The average molecular weight is 743 g/mol. The van der Waals surface area contributed by atoms with E-state index in [-0.39, 0.29) is 73.4 Å². The van der Waals surface area contributed by atoms with Crippen molar-refractivity contribution in [2.45, 2.75) is 12.8 Å². The molecule has 0 spiro atoms. The van der Waals surface area contributed by atoms with Gasteiger partial charge in [0, 0.05) is 6.42 Å². The smallest absolute Gasteiger partial charge is 0.232 e. The first-order valence-electron chi connectivity index (χ1n) is 16.3. The van der Waals surface area contributed by atoms with Crippen molar-refractivity contribution in [3.05, 3.63) is 203 Å². The predicted octanol–water partition coefficient (Wildman–Crippen LogP) is 9.18. The van der Waals surface area contributed by atoms with Crippen LogP contribution < -0.4 is 10.4 Å². The lowest BCUT2D eigenvalue weighted by Crippen LogP contribution is -2.25. The van der Waals surface area contributed by atoms with Crippen LogP contribution in [0.5, 0.6) is 0 Å². The van der Waals surface area contributed by atoms with Gasteiger partial charge in [-0.25, -0.2) is 31.2 Å². The maximum atomic E-state index is 15.4. The van der Waals surface area contributed by atoms with Crippen LogP contribution in [0.4, 0.5) is 32.0 Å². The van der Waals surface area contributed by atoms with Gasteiger partial charge in [0.25, 0.3) is 5.69 Å². The summed E-state index contributed by atoms with van der Waals surface area (Å²) in [6.07, 6.45) is -0.540. The van der Waals surface area contributed by atoms with Crippen LogP contribution in [0.2, 0.25) is 0 Å². The maximum absolute atomic E-state index is 15.4. The Bertz CT molecular complexity index is 2790. The average Bonchev–Trinajstić information content (AvgIpc) is 3.75. The molecule has 264 valence electrons. The van der Waals surface area contributed by atoms with Gasteiger partial charge in [0.15, 0.2) is 0 Å². The lowest BCUT2D eigenvalue weighted by atomic mass is 9.86. The number of hydrogen-bond donors (Lipinski definition) is 0. The maximum Gasteiger partial charge on any atom is 0.523 e. The van der Waals surface area contributed by atoms with Crippen molar-refractivity contribution in [2.24, 2.45) is 0 Å². The van der Waals surface area contributed by atoms with Crippen molar-refractivity contribution in [3.63, 3.8) is 0 Å². The first-order valence-corrected chi connectivity index (χ1v) is 16.3. The monoisotopic (exact) mass is 742 g/mol. The Morgan fingerprint density at radius 3 is 1.36 bits per heavy atom. The molecule has 0 radical (unpaired) electrons. The van der Waals surface area contributed by atoms with E-state index < -0.39 is 57.5 Å². The van der Waals surface area contributed by atoms with Crippen molar-refractivity contribution >= 4 is 16.8 Å². The van der Waals surface area contributed by atoms with E-state index in [1.807, 2.05) is 12.1 Å². The summed E-state index contributed by atoms with van der Waals surface area (Å²) in [6, 6.07) is 18.8. The van der Waals surface area contributed by atoms with E-state index in [4.69, 9.17) is 19.7 Å². The van der Waals surface area contributed by atoms with Crippen LogP contribution in [0, 0.1) is 88.6 Å². The molecule has 12 heteroatoms. The Hall–Kier alpha value is -8.16. The summed E-state index contributed by atoms with van der Waals surface area (Å²) in [4.78, 5) is 9.76. The Kier molecular flexibility index (Phi) is 9.05. The molecule has 0 aromatic heterocycles. The molecule has 2 aliphatic rings. The zero-order chi connectivity index (χ0) is 40.0. The van der Waals surface area contributed by atoms with E-state index in [1.165, 1.54) is 30.3 Å².